The molecule has 1 aliphatic rings. The van der Waals surface area contributed by atoms with Crippen LogP contribution in [0.5, 0.6) is 11.5 Å². The molecule has 0 fully saturated rings. The monoisotopic (exact) mass is 433 g/mol. The van der Waals surface area contributed by atoms with E-state index in [0.29, 0.717) is 17.2 Å². The van der Waals surface area contributed by atoms with Crippen molar-refractivity contribution in [1.82, 2.24) is 5.32 Å². The molecule has 2 aromatic rings. The van der Waals surface area contributed by atoms with Gasteiger partial charge in [-0.3, -0.25) is 0 Å². The van der Waals surface area contributed by atoms with Crippen LogP contribution < -0.4 is 14.8 Å². The number of ether oxygens (including phenoxy) is 2. The van der Waals surface area contributed by atoms with Gasteiger partial charge in [-0.15, -0.1) is 0 Å². The third kappa shape index (κ3) is 4.39. The van der Waals surface area contributed by atoms with E-state index in [-0.39, 0.29) is 18.9 Å². The van der Waals surface area contributed by atoms with Crippen molar-refractivity contribution in [3.8, 4) is 11.5 Å². The van der Waals surface area contributed by atoms with Crippen LogP contribution >= 0.6 is 15.9 Å². The van der Waals surface area contributed by atoms with Crippen LogP contribution in [0.3, 0.4) is 0 Å². The zero-order chi connectivity index (χ0) is 19.4. The smallest absolute Gasteiger partial charge is 0.231 e. The molecule has 0 bridgehead atoms. The summed E-state index contributed by atoms with van der Waals surface area (Å²) in [4.78, 5) is 0. The summed E-state index contributed by atoms with van der Waals surface area (Å²) in [6.07, 6.45) is 5.57. The summed E-state index contributed by atoms with van der Waals surface area (Å²) in [6, 6.07) is 7.56. The third-order valence-corrected chi connectivity index (χ3v) is 4.76. The van der Waals surface area contributed by atoms with Crippen molar-refractivity contribution in [1.29, 1.82) is 0 Å². The lowest BCUT2D eigenvalue weighted by Crippen LogP contribution is -2.13. The van der Waals surface area contributed by atoms with Gasteiger partial charge in [0.1, 0.15) is 11.6 Å². The van der Waals surface area contributed by atoms with E-state index in [2.05, 4.69) is 27.8 Å². The number of nitrogens with one attached hydrogen (secondary N) is 1. The topological polar surface area (TPSA) is 30.5 Å². The van der Waals surface area contributed by atoms with Crippen molar-refractivity contribution in [2.75, 3.05) is 6.79 Å². The van der Waals surface area contributed by atoms with Gasteiger partial charge in [0.25, 0.3) is 0 Å². The molecular weight excluding hydrogens is 416 g/mol. The quantitative estimate of drug-likeness (QED) is 0.590. The van der Waals surface area contributed by atoms with Gasteiger partial charge in [0.15, 0.2) is 11.5 Å². The fourth-order valence-corrected chi connectivity index (χ4v) is 3.18. The average molecular weight is 434 g/mol. The minimum Gasteiger partial charge on any atom is -0.454 e. The number of hydrogen-bond donors (Lipinski definition) is 1. The Hall–Kier alpha value is -2.60. The molecule has 0 aliphatic carbocycles. The Morgan fingerprint density at radius 2 is 1.85 bits per heavy atom. The third-order valence-electron chi connectivity index (χ3n) is 4.10. The number of rotatable bonds is 6. The van der Waals surface area contributed by atoms with Gasteiger partial charge in [0, 0.05) is 22.3 Å². The maximum atomic E-state index is 13.7. The van der Waals surface area contributed by atoms with E-state index in [9.17, 15) is 8.78 Å². The zero-order valence-electron chi connectivity index (χ0n) is 14.7. The SMILES string of the molecule is C=C(/C=C\C(=C/C)c1cc2c(cc1Br)OCO2)NCc1c(F)cccc1F. The van der Waals surface area contributed by atoms with Gasteiger partial charge in [-0.25, -0.2) is 8.78 Å². The molecule has 2 aromatic carbocycles. The van der Waals surface area contributed by atoms with Crippen LogP contribution in [0.2, 0.25) is 0 Å². The molecule has 27 heavy (non-hydrogen) atoms. The van der Waals surface area contributed by atoms with Gasteiger partial charge in [-0.1, -0.05) is 40.7 Å². The van der Waals surface area contributed by atoms with Crippen LogP contribution in [0.1, 0.15) is 18.1 Å². The lowest BCUT2D eigenvalue weighted by Gasteiger charge is -2.10. The Labute approximate surface area is 165 Å². The molecule has 1 aliphatic heterocycles. The number of fused-ring (bicyclic) bond motifs is 1. The number of allylic oxidation sites excluding steroid dienone is 4. The Balaban J connectivity index is 1.70. The van der Waals surface area contributed by atoms with Gasteiger partial charge >= 0.3 is 0 Å². The maximum Gasteiger partial charge on any atom is 0.231 e. The van der Waals surface area contributed by atoms with Crippen molar-refractivity contribution in [2.24, 2.45) is 0 Å². The molecule has 0 amide bonds. The summed E-state index contributed by atoms with van der Waals surface area (Å²) < 4.78 is 39.0. The number of hydrogen-bond acceptors (Lipinski definition) is 3. The van der Waals surface area contributed by atoms with E-state index in [0.717, 1.165) is 15.6 Å². The lowest BCUT2D eigenvalue weighted by molar-refractivity contribution is 0.174. The van der Waals surface area contributed by atoms with Gasteiger partial charge in [0.05, 0.1) is 0 Å². The second-order valence-corrected chi connectivity index (χ2v) is 6.70. The second kappa shape index (κ2) is 8.39. The van der Waals surface area contributed by atoms with Gasteiger partial charge in [-0.05, 0) is 48.4 Å². The highest BCUT2D eigenvalue weighted by Gasteiger charge is 2.17. The van der Waals surface area contributed by atoms with Gasteiger partial charge in [0.2, 0.25) is 6.79 Å². The predicted octanol–water partition coefficient (Wildman–Crippen LogP) is 5.72. The predicted molar refractivity (Wildman–Crippen MR) is 105 cm³/mol. The first kappa shape index (κ1) is 19.2. The molecule has 0 radical (unpaired) electrons. The van der Waals surface area contributed by atoms with E-state index in [1.807, 2.05) is 31.2 Å². The molecule has 3 nitrogen and oxygen atoms in total. The summed E-state index contributed by atoms with van der Waals surface area (Å²) in [7, 11) is 0. The van der Waals surface area contributed by atoms with Crippen molar-refractivity contribution < 1.29 is 18.3 Å². The molecule has 0 saturated carbocycles. The highest BCUT2D eigenvalue weighted by atomic mass is 79.9. The second-order valence-electron chi connectivity index (χ2n) is 5.84. The van der Waals surface area contributed by atoms with E-state index >= 15 is 0 Å². The van der Waals surface area contributed by atoms with E-state index in [1.54, 1.807) is 6.08 Å². The summed E-state index contributed by atoms with van der Waals surface area (Å²) in [6.45, 7) is 6.02. The zero-order valence-corrected chi connectivity index (χ0v) is 16.3. The minimum absolute atomic E-state index is 0.0145. The first-order valence-electron chi connectivity index (χ1n) is 8.29. The highest BCUT2D eigenvalue weighted by Crippen LogP contribution is 2.39. The molecule has 3 rings (SSSR count). The normalized spacial score (nSPS) is 13.3. The molecule has 0 saturated heterocycles. The molecule has 1 N–H and O–H groups in total. The first-order valence-corrected chi connectivity index (χ1v) is 9.08. The Morgan fingerprint density at radius 3 is 2.52 bits per heavy atom. The molecular formula is C21H18BrF2NO2. The lowest BCUT2D eigenvalue weighted by atomic mass is 10.0. The standard InChI is InChI=1S/C21H18BrF2NO2/c1-3-14(15-9-20-21(10-17(15)22)27-12-26-20)8-7-13(2)25-11-16-18(23)5-4-6-19(16)24/h3-10,25H,2,11-12H2,1H3/b8-7-,14-3+. The van der Waals surface area contributed by atoms with Crippen molar-refractivity contribution in [3.63, 3.8) is 0 Å². The molecule has 0 spiro atoms. The molecule has 6 heteroatoms. The van der Waals surface area contributed by atoms with E-state index in [1.165, 1.54) is 18.2 Å². The van der Waals surface area contributed by atoms with Crippen molar-refractivity contribution in [3.05, 3.63) is 88.1 Å². The molecule has 0 aromatic heterocycles. The number of halogens is 3. The van der Waals surface area contributed by atoms with E-state index in [4.69, 9.17) is 9.47 Å². The van der Waals surface area contributed by atoms with Crippen LogP contribution in [0.4, 0.5) is 8.78 Å². The first-order chi connectivity index (χ1) is 13.0. The summed E-state index contributed by atoms with van der Waals surface area (Å²) in [5.74, 6) is 0.214. The van der Waals surface area contributed by atoms with Crippen LogP contribution in [-0.2, 0) is 6.54 Å². The largest absolute Gasteiger partial charge is 0.454 e. The van der Waals surface area contributed by atoms with Crippen LogP contribution in [-0.4, -0.2) is 6.79 Å². The summed E-state index contributed by atoms with van der Waals surface area (Å²) in [5, 5.41) is 2.92. The highest BCUT2D eigenvalue weighted by molar-refractivity contribution is 9.10. The van der Waals surface area contributed by atoms with Crippen LogP contribution in [0.15, 0.2) is 65.3 Å². The summed E-state index contributed by atoms with van der Waals surface area (Å²) >= 11 is 3.54. The fraction of sp³-hybridized carbons (Fsp3) is 0.143. The Morgan fingerprint density at radius 1 is 1.19 bits per heavy atom. The molecule has 0 unspecified atom stereocenters. The van der Waals surface area contributed by atoms with E-state index < -0.39 is 11.6 Å². The Kier molecular flexibility index (Phi) is 5.96. The fourth-order valence-electron chi connectivity index (χ4n) is 2.63. The van der Waals surface area contributed by atoms with Crippen molar-refractivity contribution in [2.45, 2.75) is 13.5 Å². The molecule has 140 valence electrons. The van der Waals surface area contributed by atoms with Crippen LogP contribution in [0, 0.1) is 11.6 Å². The number of benzene rings is 2. The van der Waals surface area contributed by atoms with Gasteiger partial charge < -0.3 is 14.8 Å². The Bertz CT molecular complexity index is 918. The molecule has 0 atom stereocenters. The minimum atomic E-state index is -0.585. The van der Waals surface area contributed by atoms with Crippen molar-refractivity contribution >= 4 is 21.5 Å². The average Bonchev–Trinajstić information content (AvgIpc) is 3.09. The maximum absolute atomic E-state index is 13.7. The summed E-state index contributed by atoms with van der Waals surface area (Å²) in [5.41, 5.74) is 2.39. The van der Waals surface area contributed by atoms with Gasteiger partial charge in [-0.2, -0.15) is 0 Å². The molecule has 1 heterocycles. The van der Waals surface area contributed by atoms with Crippen LogP contribution in [0.25, 0.3) is 5.57 Å².